The van der Waals surface area contributed by atoms with E-state index >= 15 is 0 Å². The van der Waals surface area contributed by atoms with Gasteiger partial charge >= 0.3 is 0 Å². The summed E-state index contributed by atoms with van der Waals surface area (Å²) in [4.78, 5) is 4.49. The molecule has 0 aliphatic heterocycles. The first-order valence-corrected chi connectivity index (χ1v) is 10.00. The van der Waals surface area contributed by atoms with Crippen LogP contribution in [0.2, 0.25) is 0 Å². The van der Waals surface area contributed by atoms with Crippen molar-refractivity contribution in [3.05, 3.63) is 53.2 Å². The molecule has 152 valence electrons. The van der Waals surface area contributed by atoms with Crippen LogP contribution in [0.15, 0.2) is 34.9 Å². The minimum atomic E-state index is 0.00347. The average Bonchev–Trinajstić information content (AvgIpc) is 2.96. The number of hydrogen-bond acceptors (Lipinski definition) is 2. The van der Waals surface area contributed by atoms with E-state index in [-0.39, 0.29) is 21.7 Å². The van der Waals surface area contributed by atoms with Gasteiger partial charge < -0.3 is 4.42 Å². The molecule has 0 fully saturated rings. The van der Waals surface area contributed by atoms with Gasteiger partial charge in [-0.3, -0.25) is 0 Å². The molecular weight excluding hydrogens is 330 g/mol. The average molecular weight is 372 g/mol. The first kappa shape index (κ1) is 23.5. The number of benzene rings is 1. The summed E-state index contributed by atoms with van der Waals surface area (Å²) in [6.07, 6.45) is 1.76. The third-order valence-corrected chi connectivity index (χ3v) is 4.51. The van der Waals surface area contributed by atoms with Crippen LogP contribution in [0.5, 0.6) is 0 Å². The Balaban J connectivity index is 0.000000271. The maximum absolute atomic E-state index is 5.44. The van der Waals surface area contributed by atoms with Gasteiger partial charge in [0.1, 0.15) is 6.26 Å². The second-order valence-corrected chi connectivity index (χ2v) is 11.6. The van der Waals surface area contributed by atoms with Crippen LogP contribution in [0.25, 0.3) is 0 Å². The number of aromatic nitrogens is 1. The van der Waals surface area contributed by atoms with Crippen LogP contribution in [0.4, 0.5) is 0 Å². The Morgan fingerprint density at radius 2 is 1.07 bits per heavy atom. The standard InChI is InChI=1S/C14H22.C11H19NO/c1-13(2,3)11-8-7-9-12(10-11)14(4,5)6;1-10(2,3)8-7-13-9(12-8)11(4,5)6/h7-10H,1-6H3;7H,1-6H3. The Labute approximate surface area is 167 Å². The molecule has 2 aromatic rings. The third kappa shape index (κ3) is 7.16. The summed E-state index contributed by atoms with van der Waals surface area (Å²) in [5.41, 5.74) is 4.45. The molecule has 0 saturated heterocycles. The highest BCUT2D eigenvalue weighted by Gasteiger charge is 2.24. The molecule has 2 nitrogen and oxygen atoms in total. The van der Waals surface area contributed by atoms with Crippen LogP contribution in [0.3, 0.4) is 0 Å². The van der Waals surface area contributed by atoms with Gasteiger partial charge in [0.25, 0.3) is 0 Å². The fourth-order valence-corrected chi connectivity index (χ4v) is 2.41. The van der Waals surface area contributed by atoms with Gasteiger partial charge in [-0.05, 0) is 22.0 Å². The summed E-state index contributed by atoms with van der Waals surface area (Å²) in [6, 6.07) is 8.94. The summed E-state index contributed by atoms with van der Waals surface area (Å²) in [5, 5.41) is 0. The normalized spacial score (nSPS) is 13.2. The van der Waals surface area contributed by atoms with Gasteiger partial charge in [-0.25, -0.2) is 4.98 Å². The van der Waals surface area contributed by atoms with E-state index < -0.39 is 0 Å². The Kier molecular flexibility index (Phi) is 6.79. The van der Waals surface area contributed by atoms with Gasteiger partial charge in [-0.1, -0.05) is 107 Å². The van der Waals surface area contributed by atoms with E-state index in [1.165, 1.54) is 11.1 Å². The number of hydrogen-bond donors (Lipinski definition) is 0. The lowest BCUT2D eigenvalue weighted by Gasteiger charge is -2.24. The molecule has 0 unspecified atom stereocenters. The predicted molar refractivity (Wildman–Crippen MR) is 118 cm³/mol. The van der Waals surface area contributed by atoms with Gasteiger partial charge in [0.05, 0.1) is 5.69 Å². The molecule has 2 heteroatoms. The molecule has 0 amide bonds. The molecule has 1 heterocycles. The molecule has 2 rings (SSSR count). The summed E-state index contributed by atoms with van der Waals surface area (Å²) >= 11 is 0. The van der Waals surface area contributed by atoms with Crippen molar-refractivity contribution in [3.8, 4) is 0 Å². The first-order chi connectivity index (χ1) is 11.9. The van der Waals surface area contributed by atoms with Gasteiger partial charge in [0.15, 0.2) is 5.89 Å². The molecule has 1 aromatic heterocycles. The topological polar surface area (TPSA) is 26.0 Å². The second-order valence-electron chi connectivity index (χ2n) is 11.6. The minimum absolute atomic E-state index is 0.00347. The number of rotatable bonds is 0. The molecule has 27 heavy (non-hydrogen) atoms. The lowest BCUT2D eigenvalue weighted by atomic mass is 9.81. The molecule has 0 atom stereocenters. The Morgan fingerprint density at radius 1 is 0.630 bits per heavy atom. The highest BCUT2D eigenvalue weighted by molar-refractivity contribution is 5.32. The van der Waals surface area contributed by atoms with Gasteiger partial charge in [0.2, 0.25) is 0 Å². The highest BCUT2D eigenvalue weighted by atomic mass is 16.3. The molecular formula is C25H41NO. The maximum Gasteiger partial charge on any atom is 0.199 e. The van der Waals surface area contributed by atoms with Crippen LogP contribution in [-0.4, -0.2) is 4.98 Å². The van der Waals surface area contributed by atoms with Gasteiger partial charge in [-0.2, -0.15) is 0 Å². The zero-order valence-electron chi connectivity index (χ0n) is 19.7. The minimum Gasteiger partial charge on any atom is -0.448 e. The van der Waals surface area contributed by atoms with E-state index in [4.69, 9.17) is 4.42 Å². The Morgan fingerprint density at radius 3 is 1.33 bits per heavy atom. The number of oxazole rings is 1. The lowest BCUT2D eigenvalue weighted by Crippen LogP contribution is -2.15. The third-order valence-electron chi connectivity index (χ3n) is 4.51. The fourth-order valence-electron chi connectivity index (χ4n) is 2.41. The van der Waals surface area contributed by atoms with Crippen LogP contribution >= 0.6 is 0 Å². The maximum atomic E-state index is 5.44. The van der Waals surface area contributed by atoms with Crippen LogP contribution in [0, 0.1) is 0 Å². The van der Waals surface area contributed by atoms with E-state index in [9.17, 15) is 0 Å². The van der Waals surface area contributed by atoms with E-state index in [1.54, 1.807) is 6.26 Å². The van der Waals surface area contributed by atoms with Crippen molar-refractivity contribution in [1.82, 2.24) is 4.98 Å². The van der Waals surface area contributed by atoms with Gasteiger partial charge in [-0.15, -0.1) is 0 Å². The van der Waals surface area contributed by atoms with Crippen molar-refractivity contribution in [2.75, 3.05) is 0 Å². The molecule has 0 saturated carbocycles. The zero-order valence-corrected chi connectivity index (χ0v) is 19.7. The van der Waals surface area contributed by atoms with E-state index in [0.29, 0.717) is 0 Å². The monoisotopic (exact) mass is 371 g/mol. The molecule has 0 radical (unpaired) electrons. The van der Waals surface area contributed by atoms with Crippen LogP contribution in [0.1, 0.15) is 106 Å². The van der Waals surface area contributed by atoms with Crippen molar-refractivity contribution >= 4 is 0 Å². The van der Waals surface area contributed by atoms with Crippen molar-refractivity contribution in [2.45, 2.75) is 105 Å². The summed E-state index contributed by atoms with van der Waals surface area (Å²) in [7, 11) is 0. The van der Waals surface area contributed by atoms with Gasteiger partial charge in [0, 0.05) is 10.8 Å². The smallest absolute Gasteiger partial charge is 0.199 e. The van der Waals surface area contributed by atoms with Crippen molar-refractivity contribution < 1.29 is 4.42 Å². The van der Waals surface area contributed by atoms with Crippen molar-refractivity contribution in [2.24, 2.45) is 0 Å². The van der Waals surface area contributed by atoms with Crippen LogP contribution < -0.4 is 0 Å². The lowest BCUT2D eigenvalue weighted by molar-refractivity contribution is 0.392. The second kappa shape index (κ2) is 7.81. The predicted octanol–water partition coefficient (Wildman–Crippen LogP) is 7.55. The van der Waals surface area contributed by atoms with E-state index in [2.05, 4.69) is 112 Å². The molecule has 1 aromatic carbocycles. The zero-order chi connectivity index (χ0) is 21.3. The highest BCUT2D eigenvalue weighted by Crippen LogP contribution is 2.28. The molecule has 0 N–H and O–H groups in total. The Bertz CT molecular complexity index is 667. The molecule has 0 spiro atoms. The first-order valence-electron chi connectivity index (χ1n) is 10.00. The van der Waals surface area contributed by atoms with Crippen molar-refractivity contribution in [1.29, 1.82) is 0 Å². The molecule has 0 bridgehead atoms. The largest absolute Gasteiger partial charge is 0.448 e. The summed E-state index contributed by atoms with van der Waals surface area (Å²) in [6.45, 7) is 26.3. The van der Waals surface area contributed by atoms with Crippen LogP contribution in [-0.2, 0) is 21.7 Å². The molecule has 0 aliphatic carbocycles. The van der Waals surface area contributed by atoms with Crippen molar-refractivity contribution in [3.63, 3.8) is 0 Å². The fraction of sp³-hybridized carbons (Fsp3) is 0.640. The van der Waals surface area contributed by atoms with E-state index in [0.717, 1.165) is 11.6 Å². The summed E-state index contributed by atoms with van der Waals surface area (Å²) in [5.74, 6) is 0.817. The summed E-state index contributed by atoms with van der Waals surface area (Å²) < 4.78 is 5.44. The molecule has 0 aliphatic rings. The van der Waals surface area contributed by atoms with E-state index in [1.807, 2.05) is 0 Å². The SMILES string of the molecule is CC(C)(C)c1cccc(C(C)(C)C)c1.CC(C)(C)c1coc(C(C)(C)C)n1. The Hall–Kier alpha value is -1.57. The quantitative estimate of drug-likeness (QED) is 0.478. The number of nitrogens with zero attached hydrogens (tertiary/aromatic N) is 1.